The van der Waals surface area contributed by atoms with Crippen molar-refractivity contribution in [2.24, 2.45) is 0 Å². The van der Waals surface area contributed by atoms with Gasteiger partial charge in [-0.05, 0) is 38.0 Å². The van der Waals surface area contributed by atoms with Gasteiger partial charge in [0.25, 0.3) is 0 Å². The maximum Gasteiger partial charge on any atom is 0.233 e. The summed E-state index contributed by atoms with van der Waals surface area (Å²) in [6.07, 6.45) is 0.962. The van der Waals surface area contributed by atoms with E-state index in [1.54, 1.807) is 14.0 Å². The SMILES string of the molecule is CCCOc1ccc([C@H](C)N[C@@H](C)c2nnc(C)o2)cc1OC. The normalized spacial score (nSPS) is 13.6. The highest BCUT2D eigenvalue weighted by Crippen LogP contribution is 2.31. The number of aromatic nitrogens is 2. The molecule has 0 amide bonds. The highest BCUT2D eigenvalue weighted by atomic mass is 16.5. The van der Waals surface area contributed by atoms with Crippen LogP contribution in [0.25, 0.3) is 0 Å². The third kappa shape index (κ3) is 4.45. The Hall–Kier alpha value is -2.08. The number of benzene rings is 1. The van der Waals surface area contributed by atoms with E-state index in [9.17, 15) is 0 Å². The van der Waals surface area contributed by atoms with Gasteiger partial charge in [-0.25, -0.2) is 0 Å². The van der Waals surface area contributed by atoms with Gasteiger partial charge in [0, 0.05) is 13.0 Å². The molecule has 0 aliphatic rings. The zero-order valence-corrected chi connectivity index (χ0v) is 14.4. The van der Waals surface area contributed by atoms with Gasteiger partial charge in [0.2, 0.25) is 11.8 Å². The minimum atomic E-state index is -0.0341. The second-order valence-electron chi connectivity index (χ2n) is 5.53. The van der Waals surface area contributed by atoms with E-state index < -0.39 is 0 Å². The molecule has 0 radical (unpaired) electrons. The third-order valence-electron chi connectivity index (χ3n) is 3.56. The topological polar surface area (TPSA) is 69.4 Å². The summed E-state index contributed by atoms with van der Waals surface area (Å²) in [5.74, 6) is 2.67. The lowest BCUT2D eigenvalue weighted by Gasteiger charge is -2.19. The maximum atomic E-state index is 5.69. The first-order valence-corrected chi connectivity index (χ1v) is 7.92. The lowest BCUT2D eigenvalue weighted by Crippen LogP contribution is -2.22. The molecule has 0 fully saturated rings. The Morgan fingerprint density at radius 1 is 1.17 bits per heavy atom. The van der Waals surface area contributed by atoms with E-state index in [2.05, 4.69) is 29.4 Å². The minimum Gasteiger partial charge on any atom is -0.493 e. The Labute approximate surface area is 137 Å². The van der Waals surface area contributed by atoms with Crippen molar-refractivity contribution in [2.45, 2.75) is 46.2 Å². The van der Waals surface area contributed by atoms with Crippen molar-refractivity contribution in [3.63, 3.8) is 0 Å². The van der Waals surface area contributed by atoms with Crippen LogP contribution in [-0.4, -0.2) is 23.9 Å². The fourth-order valence-corrected chi connectivity index (χ4v) is 2.31. The van der Waals surface area contributed by atoms with Gasteiger partial charge in [-0.2, -0.15) is 0 Å². The largest absolute Gasteiger partial charge is 0.493 e. The summed E-state index contributed by atoms with van der Waals surface area (Å²) >= 11 is 0. The van der Waals surface area contributed by atoms with Crippen LogP contribution in [0, 0.1) is 6.92 Å². The molecule has 0 spiro atoms. The Balaban J connectivity index is 2.07. The Morgan fingerprint density at radius 2 is 1.96 bits per heavy atom. The van der Waals surface area contributed by atoms with Crippen LogP contribution in [0.15, 0.2) is 22.6 Å². The van der Waals surface area contributed by atoms with Crippen molar-refractivity contribution in [3.05, 3.63) is 35.5 Å². The van der Waals surface area contributed by atoms with Gasteiger partial charge in [0.05, 0.1) is 19.8 Å². The first kappa shape index (κ1) is 17.3. The summed E-state index contributed by atoms with van der Waals surface area (Å²) in [6, 6.07) is 6.05. The molecule has 0 bridgehead atoms. The standard InChI is InChI=1S/C17H25N3O3/c1-6-9-22-15-8-7-14(10-16(15)21-5)11(2)18-12(3)17-20-19-13(4)23-17/h7-8,10-12,18H,6,9H2,1-5H3/t11-,12-/m0/s1. The van der Waals surface area contributed by atoms with Crippen molar-refractivity contribution in [1.82, 2.24) is 15.5 Å². The van der Waals surface area contributed by atoms with Gasteiger partial charge in [0.1, 0.15) is 0 Å². The summed E-state index contributed by atoms with van der Waals surface area (Å²) in [4.78, 5) is 0. The van der Waals surface area contributed by atoms with Crippen LogP contribution in [0.3, 0.4) is 0 Å². The van der Waals surface area contributed by atoms with E-state index in [0.29, 0.717) is 18.4 Å². The van der Waals surface area contributed by atoms with Crippen LogP contribution in [0.5, 0.6) is 11.5 Å². The number of aryl methyl sites for hydroxylation is 1. The predicted octanol–water partition coefficient (Wildman–Crippen LogP) is 3.59. The smallest absolute Gasteiger partial charge is 0.233 e. The molecule has 23 heavy (non-hydrogen) atoms. The number of hydrogen-bond acceptors (Lipinski definition) is 6. The zero-order valence-electron chi connectivity index (χ0n) is 14.4. The molecule has 1 N–H and O–H groups in total. The summed E-state index contributed by atoms with van der Waals surface area (Å²) in [7, 11) is 1.65. The van der Waals surface area contributed by atoms with Crippen molar-refractivity contribution >= 4 is 0 Å². The highest BCUT2D eigenvalue weighted by Gasteiger charge is 2.17. The van der Waals surface area contributed by atoms with Crippen molar-refractivity contribution < 1.29 is 13.9 Å². The predicted molar refractivity (Wildman–Crippen MR) is 87.8 cm³/mol. The molecule has 1 aromatic carbocycles. The van der Waals surface area contributed by atoms with Crippen LogP contribution < -0.4 is 14.8 Å². The van der Waals surface area contributed by atoms with Crippen LogP contribution in [-0.2, 0) is 0 Å². The monoisotopic (exact) mass is 319 g/mol. The zero-order chi connectivity index (χ0) is 16.8. The molecular weight excluding hydrogens is 294 g/mol. The van der Waals surface area contributed by atoms with E-state index in [1.807, 2.05) is 25.1 Å². The van der Waals surface area contributed by atoms with Crippen molar-refractivity contribution in [3.8, 4) is 11.5 Å². The fourth-order valence-electron chi connectivity index (χ4n) is 2.31. The molecule has 2 aromatic rings. The second-order valence-corrected chi connectivity index (χ2v) is 5.53. The average Bonchev–Trinajstić information content (AvgIpc) is 2.99. The van der Waals surface area contributed by atoms with Crippen LogP contribution in [0.4, 0.5) is 0 Å². The Morgan fingerprint density at radius 3 is 2.57 bits per heavy atom. The molecule has 0 saturated heterocycles. The highest BCUT2D eigenvalue weighted by molar-refractivity contribution is 5.43. The van der Waals surface area contributed by atoms with Crippen LogP contribution in [0.2, 0.25) is 0 Å². The Kier molecular flexibility index (Phi) is 5.98. The lowest BCUT2D eigenvalue weighted by molar-refractivity contribution is 0.293. The van der Waals surface area contributed by atoms with Gasteiger partial charge in [-0.1, -0.05) is 13.0 Å². The number of methoxy groups -OCH3 is 1. The minimum absolute atomic E-state index is 0.0341. The molecule has 1 aromatic heterocycles. The van der Waals surface area contributed by atoms with E-state index in [1.165, 1.54) is 0 Å². The van der Waals surface area contributed by atoms with Crippen LogP contribution in [0.1, 0.15) is 56.6 Å². The maximum absolute atomic E-state index is 5.69. The second kappa shape index (κ2) is 7.97. The van der Waals surface area contributed by atoms with E-state index in [-0.39, 0.29) is 12.1 Å². The number of nitrogens with one attached hydrogen (secondary N) is 1. The molecule has 2 rings (SSSR count). The van der Waals surface area contributed by atoms with Crippen molar-refractivity contribution in [1.29, 1.82) is 0 Å². The van der Waals surface area contributed by atoms with Crippen molar-refractivity contribution in [2.75, 3.05) is 13.7 Å². The molecule has 0 aliphatic carbocycles. The molecule has 0 unspecified atom stereocenters. The Bertz CT molecular complexity index is 627. The van der Waals surface area contributed by atoms with Gasteiger partial charge in [0.15, 0.2) is 11.5 Å². The quantitative estimate of drug-likeness (QED) is 0.802. The first-order valence-electron chi connectivity index (χ1n) is 7.92. The number of hydrogen-bond donors (Lipinski definition) is 1. The average molecular weight is 319 g/mol. The van der Waals surface area contributed by atoms with Gasteiger partial charge >= 0.3 is 0 Å². The number of nitrogens with zero attached hydrogens (tertiary/aromatic N) is 2. The molecule has 2 atom stereocenters. The molecule has 126 valence electrons. The molecular formula is C17H25N3O3. The van der Waals surface area contributed by atoms with Gasteiger partial charge < -0.3 is 13.9 Å². The van der Waals surface area contributed by atoms with E-state index >= 15 is 0 Å². The summed E-state index contributed by atoms with van der Waals surface area (Å²) in [5.41, 5.74) is 1.11. The first-order chi connectivity index (χ1) is 11.0. The summed E-state index contributed by atoms with van der Waals surface area (Å²) in [5, 5.41) is 11.4. The summed E-state index contributed by atoms with van der Waals surface area (Å²) < 4.78 is 16.6. The number of rotatable bonds is 8. The lowest BCUT2D eigenvalue weighted by atomic mass is 10.1. The molecule has 6 heteroatoms. The number of ether oxygens (including phenoxy) is 2. The summed E-state index contributed by atoms with van der Waals surface area (Å²) in [6.45, 7) is 8.62. The molecule has 0 saturated carbocycles. The van der Waals surface area contributed by atoms with Gasteiger partial charge in [-0.15, -0.1) is 10.2 Å². The fraction of sp³-hybridized carbons (Fsp3) is 0.529. The molecule has 1 heterocycles. The van der Waals surface area contributed by atoms with Crippen LogP contribution >= 0.6 is 0 Å². The molecule has 0 aliphatic heterocycles. The van der Waals surface area contributed by atoms with E-state index in [4.69, 9.17) is 13.9 Å². The third-order valence-corrected chi connectivity index (χ3v) is 3.56. The van der Waals surface area contributed by atoms with Gasteiger partial charge in [-0.3, -0.25) is 5.32 Å². The molecule has 6 nitrogen and oxygen atoms in total. The van der Waals surface area contributed by atoms with E-state index in [0.717, 1.165) is 23.5 Å².